The molecule has 1 aliphatic rings. The summed E-state index contributed by atoms with van der Waals surface area (Å²) in [5, 5.41) is 21.3. The van der Waals surface area contributed by atoms with Crippen molar-refractivity contribution in [3.63, 3.8) is 0 Å². The van der Waals surface area contributed by atoms with Gasteiger partial charge in [-0.2, -0.15) is 0 Å². The topological polar surface area (TPSA) is 109 Å². The van der Waals surface area contributed by atoms with Crippen molar-refractivity contribution in [1.29, 1.82) is 0 Å². The molecule has 2 aromatic heterocycles. The SMILES string of the molecule is COc1ccc2nccc(C(O)CC[C@@H]3CCN(CC#Cc4cnco4)C[C@@H]3CC(=O)O)c2c1. The number of methoxy groups -OCH3 is 1. The number of pyridine rings is 1. The lowest BCUT2D eigenvalue weighted by Gasteiger charge is -2.37. The second-order valence-electron chi connectivity index (χ2n) is 8.69. The van der Waals surface area contributed by atoms with Crippen molar-refractivity contribution in [2.75, 3.05) is 26.7 Å². The number of rotatable bonds is 8. The van der Waals surface area contributed by atoms with E-state index < -0.39 is 12.1 Å². The highest BCUT2D eigenvalue weighted by Crippen LogP contribution is 2.34. The summed E-state index contributed by atoms with van der Waals surface area (Å²) < 4.78 is 10.5. The predicted octanol–water partition coefficient (Wildman–Crippen LogP) is 3.51. The highest BCUT2D eigenvalue weighted by atomic mass is 16.5. The highest BCUT2D eigenvalue weighted by Gasteiger charge is 2.31. The van der Waals surface area contributed by atoms with Crippen LogP contribution in [0.15, 0.2) is 47.5 Å². The van der Waals surface area contributed by atoms with Crippen molar-refractivity contribution in [1.82, 2.24) is 14.9 Å². The fraction of sp³-hybridized carbons (Fsp3) is 0.423. The zero-order valence-corrected chi connectivity index (χ0v) is 19.2. The molecule has 1 fully saturated rings. The molecular weight excluding hydrogens is 434 g/mol. The molecule has 0 saturated carbocycles. The van der Waals surface area contributed by atoms with Gasteiger partial charge in [-0.3, -0.25) is 14.7 Å². The maximum atomic E-state index is 11.5. The van der Waals surface area contributed by atoms with Gasteiger partial charge < -0.3 is 19.4 Å². The average Bonchev–Trinajstić information content (AvgIpc) is 3.36. The van der Waals surface area contributed by atoms with E-state index in [4.69, 9.17) is 9.15 Å². The molecule has 3 heterocycles. The molecule has 8 nitrogen and oxygen atoms in total. The number of benzene rings is 1. The lowest BCUT2D eigenvalue weighted by Crippen LogP contribution is -2.41. The van der Waals surface area contributed by atoms with E-state index in [2.05, 4.69) is 26.7 Å². The normalized spacial score (nSPS) is 19.4. The number of likely N-dealkylation sites (tertiary alicyclic amines) is 1. The number of nitrogens with zero attached hydrogens (tertiary/aromatic N) is 3. The summed E-state index contributed by atoms with van der Waals surface area (Å²) >= 11 is 0. The summed E-state index contributed by atoms with van der Waals surface area (Å²) in [5.74, 6) is 6.70. The van der Waals surface area contributed by atoms with Gasteiger partial charge in [0.2, 0.25) is 0 Å². The first-order valence-corrected chi connectivity index (χ1v) is 11.5. The number of aliphatic carboxylic acids is 1. The van der Waals surface area contributed by atoms with E-state index in [1.165, 1.54) is 6.39 Å². The Bertz CT molecular complexity index is 1170. The Labute approximate surface area is 198 Å². The van der Waals surface area contributed by atoms with Gasteiger partial charge in [0.25, 0.3) is 0 Å². The molecule has 34 heavy (non-hydrogen) atoms. The summed E-state index contributed by atoms with van der Waals surface area (Å²) in [7, 11) is 1.61. The van der Waals surface area contributed by atoms with E-state index in [9.17, 15) is 15.0 Å². The molecule has 0 bridgehead atoms. The number of aromatic nitrogens is 2. The molecule has 0 radical (unpaired) electrons. The molecule has 0 spiro atoms. The van der Waals surface area contributed by atoms with Crippen LogP contribution in [0.25, 0.3) is 10.9 Å². The maximum Gasteiger partial charge on any atom is 0.303 e. The molecule has 3 atom stereocenters. The number of carboxylic acid groups (broad SMARTS) is 1. The molecule has 3 aromatic rings. The van der Waals surface area contributed by atoms with E-state index >= 15 is 0 Å². The molecule has 178 valence electrons. The summed E-state index contributed by atoms with van der Waals surface area (Å²) in [5.41, 5.74) is 1.62. The van der Waals surface area contributed by atoms with Crippen LogP contribution in [0, 0.1) is 23.7 Å². The van der Waals surface area contributed by atoms with Crippen LogP contribution < -0.4 is 4.74 Å². The third kappa shape index (κ3) is 5.93. The van der Waals surface area contributed by atoms with Crippen LogP contribution >= 0.6 is 0 Å². The van der Waals surface area contributed by atoms with Gasteiger partial charge in [-0.15, -0.1) is 0 Å². The first-order valence-electron chi connectivity index (χ1n) is 11.5. The van der Waals surface area contributed by atoms with Gasteiger partial charge >= 0.3 is 5.97 Å². The number of aliphatic hydroxyl groups excluding tert-OH is 1. The molecule has 4 rings (SSSR count). The summed E-state index contributed by atoms with van der Waals surface area (Å²) in [6, 6.07) is 7.48. The predicted molar refractivity (Wildman–Crippen MR) is 126 cm³/mol. The molecule has 0 amide bonds. The monoisotopic (exact) mass is 463 g/mol. The van der Waals surface area contributed by atoms with E-state index in [0.717, 1.165) is 35.9 Å². The molecule has 1 saturated heterocycles. The smallest absolute Gasteiger partial charge is 0.303 e. The van der Waals surface area contributed by atoms with Gasteiger partial charge in [-0.05, 0) is 73.4 Å². The Morgan fingerprint density at radius 3 is 3.00 bits per heavy atom. The van der Waals surface area contributed by atoms with Crippen molar-refractivity contribution in [2.24, 2.45) is 11.8 Å². The number of oxazole rings is 1. The minimum Gasteiger partial charge on any atom is -0.497 e. The number of fused-ring (bicyclic) bond motifs is 1. The van der Waals surface area contributed by atoms with Crippen molar-refractivity contribution in [2.45, 2.75) is 31.8 Å². The van der Waals surface area contributed by atoms with Crippen molar-refractivity contribution >= 4 is 16.9 Å². The number of carboxylic acids is 1. The highest BCUT2D eigenvalue weighted by molar-refractivity contribution is 5.83. The largest absolute Gasteiger partial charge is 0.497 e. The van der Waals surface area contributed by atoms with Crippen LogP contribution in [-0.2, 0) is 4.79 Å². The van der Waals surface area contributed by atoms with E-state index in [-0.39, 0.29) is 18.3 Å². The van der Waals surface area contributed by atoms with Crippen molar-refractivity contribution in [3.8, 4) is 17.6 Å². The first-order chi connectivity index (χ1) is 16.5. The van der Waals surface area contributed by atoms with Crippen molar-refractivity contribution < 1.29 is 24.2 Å². The number of aliphatic hydroxyl groups is 1. The summed E-state index contributed by atoms with van der Waals surface area (Å²) in [6.45, 7) is 2.07. The second kappa shape index (κ2) is 11.1. The Morgan fingerprint density at radius 1 is 1.35 bits per heavy atom. The van der Waals surface area contributed by atoms with E-state index in [1.807, 2.05) is 24.3 Å². The van der Waals surface area contributed by atoms with Gasteiger partial charge in [0, 0.05) is 24.5 Å². The molecule has 0 aliphatic carbocycles. The third-order valence-corrected chi connectivity index (χ3v) is 6.51. The lowest BCUT2D eigenvalue weighted by molar-refractivity contribution is -0.139. The number of hydrogen-bond acceptors (Lipinski definition) is 7. The second-order valence-corrected chi connectivity index (χ2v) is 8.69. The zero-order valence-electron chi connectivity index (χ0n) is 19.2. The fourth-order valence-electron chi connectivity index (χ4n) is 4.74. The van der Waals surface area contributed by atoms with Crippen LogP contribution in [0.1, 0.15) is 43.1 Å². The van der Waals surface area contributed by atoms with E-state index in [0.29, 0.717) is 31.0 Å². The Hall–Kier alpha value is -3.41. The van der Waals surface area contributed by atoms with Gasteiger partial charge in [-0.1, -0.05) is 5.92 Å². The third-order valence-electron chi connectivity index (χ3n) is 6.51. The van der Waals surface area contributed by atoms with Gasteiger partial charge in [0.1, 0.15) is 5.75 Å². The summed E-state index contributed by atoms with van der Waals surface area (Å²) in [4.78, 5) is 21.9. The molecule has 2 N–H and O–H groups in total. The minimum atomic E-state index is -0.794. The van der Waals surface area contributed by atoms with Gasteiger partial charge in [-0.25, -0.2) is 4.98 Å². The Kier molecular flexibility index (Phi) is 7.78. The van der Waals surface area contributed by atoms with Crippen molar-refractivity contribution in [3.05, 3.63) is 54.4 Å². The van der Waals surface area contributed by atoms with Gasteiger partial charge in [0.15, 0.2) is 12.2 Å². The zero-order chi connectivity index (χ0) is 23.9. The minimum absolute atomic E-state index is 0.0137. The van der Waals surface area contributed by atoms with Crippen LogP contribution in [0.3, 0.4) is 0 Å². The van der Waals surface area contributed by atoms with Crippen LogP contribution in [0.5, 0.6) is 5.75 Å². The van der Waals surface area contributed by atoms with Gasteiger partial charge in [0.05, 0.1) is 31.5 Å². The molecular formula is C26H29N3O5. The maximum absolute atomic E-state index is 11.5. The lowest BCUT2D eigenvalue weighted by atomic mass is 9.79. The average molecular weight is 464 g/mol. The standard InChI is InChI=1S/C26H29N3O5/c1-33-20-5-6-24-23(14-20)22(8-10-28-24)25(30)7-4-18-9-12-29(16-19(18)13-26(31)32)11-2-3-21-15-27-17-34-21/h5-6,8,10,14-15,17-19,25,30H,4,7,9,11-13,16H2,1H3,(H,31,32)/t18-,19+,25?/m1/s1. The van der Waals surface area contributed by atoms with Crippen LogP contribution in [0.2, 0.25) is 0 Å². The number of hydrogen-bond donors (Lipinski definition) is 2. The van der Waals surface area contributed by atoms with Crippen LogP contribution in [0.4, 0.5) is 0 Å². The first kappa shape index (κ1) is 23.7. The van der Waals surface area contributed by atoms with E-state index in [1.54, 1.807) is 19.5 Å². The number of ether oxygens (including phenoxy) is 1. The molecule has 1 aromatic carbocycles. The number of carbonyl (C=O) groups is 1. The fourth-order valence-corrected chi connectivity index (χ4v) is 4.74. The molecule has 1 unspecified atom stereocenters. The summed E-state index contributed by atoms with van der Waals surface area (Å²) in [6.07, 6.45) is 6.26. The Morgan fingerprint density at radius 2 is 2.24 bits per heavy atom. The quantitative estimate of drug-likeness (QED) is 0.489. The number of piperidine rings is 1. The van der Waals surface area contributed by atoms with Crippen LogP contribution in [-0.4, -0.2) is 57.8 Å². The Balaban J connectivity index is 1.39. The molecule has 1 aliphatic heterocycles. The molecule has 8 heteroatoms.